The molecule has 92 valence electrons. The van der Waals surface area contributed by atoms with Gasteiger partial charge in [-0.25, -0.2) is 0 Å². The molecule has 0 rings (SSSR count). The van der Waals surface area contributed by atoms with Gasteiger partial charge in [-0.2, -0.15) is 0 Å². The summed E-state index contributed by atoms with van der Waals surface area (Å²) in [5.74, 6) is 0.732. The molecule has 0 heterocycles. The first kappa shape index (κ1) is 15.2. The van der Waals surface area contributed by atoms with Gasteiger partial charge in [-0.1, -0.05) is 56.6 Å². The summed E-state index contributed by atoms with van der Waals surface area (Å²) in [7, 11) is 0. The third-order valence-electron chi connectivity index (χ3n) is 2.84. The highest BCUT2D eigenvalue weighted by Crippen LogP contribution is 2.26. The van der Waals surface area contributed by atoms with Gasteiger partial charge >= 0.3 is 0 Å². The summed E-state index contributed by atoms with van der Waals surface area (Å²) in [5, 5.41) is 0. The molecule has 16 heavy (non-hydrogen) atoms. The molecule has 0 N–H and O–H groups in total. The summed E-state index contributed by atoms with van der Waals surface area (Å²) in [4.78, 5) is 0. The van der Waals surface area contributed by atoms with E-state index in [0.717, 1.165) is 11.5 Å². The van der Waals surface area contributed by atoms with Gasteiger partial charge in [-0.05, 0) is 45.1 Å². The maximum atomic E-state index is 3.93. The monoisotopic (exact) mass is 220 g/mol. The van der Waals surface area contributed by atoms with Gasteiger partial charge in [0.25, 0.3) is 0 Å². The molecular weight excluding hydrogens is 192 g/mol. The molecule has 0 heteroatoms. The van der Waals surface area contributed by atoms with E-state index in [1.165, 1.54) is 36.8 Å². The topological polar surface area (TPSA) is 0 Å². The first-order valence-corrected chi connectivity index (χ1v) is 6.53. The largest absolute Gasteiger partial charge is 0.0961 e. The molecule has 0 bridgehead atoms. The molecule has 0 aromatic carbocycles. The van der Waals surface area contributed by atoms with Crippen LogP contribution in [0.1, 0.15) is 60.3 Å². The molecule has 0 aliphatic heterocycles. The van der Waals surface area contributed by atoms with Gasteiger partial charge in [-0.15, -0.1) is 0 Å². The molecule has 0 radical (unpaired) electrons. The van der Waals surface area contributed by atoms with Crippen LogP contribution in [0.3, 0.4) is 0 Å². The van der Waals surface area contributed by atoms with Gasteiger partial charge in [0.2, 0.25) is 0 Å². The maximum absolute atomic E-state index is 3.93. The fourth-order valence-corrected chi connectivity index (χ4v) is 2.10. The highest BCUT2D eigenvalue weighted by molar-refractivity contribution is 5.30. The lowest BCUT2D eigenvalue weighted by atomic mass is 9.87. The number of hydrogen-bond donors (Lipinski definition) is 0. The van der Waals surface area contributed by atoms with Crippen LogP contribution in [-0.2, 0) is 0 Å². The molecule has 0 aliphatic carbocycles. The first-order chi connectivity index (χ1) is 7.52. The van der Waals surface area contributed by atoms with E-state index in [9.17, 15) is 0 Å². The maximum Gasteiger partial charge on any atom is -0.0163 e. The predicted octanol–water partition coefficient (Wildman–Crippen LogP) is 5.67. The zero-order valence-corrected chi connectivity index (χ0v) is 11.8. The lowest BCUT2D eigenvalue weighted by Crippen LogP contribution is -2.04. The Morgan fingerprint density at radius 3 is 1.81 bits per heavy atom. The van der Waals surface area contributed by atoms with E-state index < -0.39 is 0 Å². The van der Waals surface area contributed by atoms with Crippen LogP contribution in [0.4, 0.5) is 0 Å². The van der Waals surface area contributed by atoms with Crippen molar-refractivity contribution in [3.8, 4) is 0 Å². The Morgan fingerprint density at radius 2 is 1.50 bits per heavy atom. The van der Waals surface area contributed by atoms with Crippen LogP contribution in [0.5, 0.6) is 0 Å². The van der Waals surface area contributed by atoms with Gasteiger partial charge in [0.05, 0.1) is 0 Å². The Morgan fingerprint density at radius 1 is 1.00 bits per heavy atom. The summed E-state index contributed by atoms with van der Waals surface area (Å²) in [6, 6.07) is 0. The van der Waals surface area contributed by atoms with E-state index in [1.54, 1.807) is 0 Å². The smallest absolute Gasteiger partial charge is 0.0163 e. The zero-order valence-electron chi connectivity index (χ0n) is 11.8. The molecule has 0 atom stereocenters. The quantitative estimate of drug-likeness (QED) is 0.485. The number of hydrogen-bond acceptors (Lipinski definition) is 0. The van der Waals surface area contributed by atoms with Crippen molar-refractivity contribution in [1.82, 2.24) is 0 Å². The van der Waals surface area contributed by atoms with Crippen molar-refractivity contribution < 1.29 is 0 Å². The van der Waals surface area contributed by atoms with E-state index in [0.29, 0.717) is 0 Å². The van der Waals surface area contributed by atoms with Gasteiger partial charge in [0.15, 0.2) is 0 Å². The molecule has 0 aromatic heterocycles. The van der Waals surface area contributed by atoms with E-state index in [4.69, 9.17) is 0 Å². The van der Waals surface area contributed by atoms with Crippen LogP contribution in [0, 0.1) is 5.92 Å². The predicted molar refractivity (Wildman–Crippen MR) is 75.6 cm³/mol. The molecule has 0 saturated heterocycles. The van der Waals surface area contributed by atoms with Crippen molar-refractivity contribution in [1.29, 1.82) is 0 Å². The Labute approximate surface area is 102 Å². The van der Waals surface area contributed by atoms with E-state index >= 15 is 0 Å². The summed E-state index contributed by atoms with van der Waals surface area (Å²) in [6.45, 7) is 15.0. The van der Waals surface area contributed by atoms with Crippen LogP contribution in [0.15, 0.2) is 35.5 Å². The molecule has 0 saturated carbocycles. The fraction of sp³-hybridized carbons (Fsp3) is 0.625. The molecule has 0 aromatic rings. The number of rotatable bonds is 7. The second-order valence-corrected chi connectivity index (χ2v) is 4.91. The molecule has 0 fully saturated rings. The van der Waals surface area contributed by atoms with Crippen molar-refractivity contribution in [3.05, 3.63) is 35.5 Å². The summed E-state index contributed by atoms with van der Waals surface area (Å²) >= 11 is 0. The first-order valence-electron chi connectivity index (χ1n) is 6.53. The van der Waals surface area contributed by atoms with Gasteiger partial charge in [-0.3, -0.25) is 0 Å². The minimum absolute atomic E-state index is 0.732. The second-order valence-electron chi connectivity index (χ2n) is 4.91. The van der Waals surface area contributed by atoms with Gasteiger partial charge < -0.3 is 0 Å². The van der Waals surface area contributed by atoms with Crippen molar-refractivity contribution in [3.63, 3.8) is 0 Å². The summed E-state index contributed by atoms with van der Waals surface area (Å²) in [5.41, 5.74) is 4.10. The third-order valence-corrected chi connectivity index (χ3v) is 2.84. The lowest BCUT2D eigenvalue weighted by Gasteiger charge is -2.18. The van der Waals surface area contributed by atoms with E-state index in [1.807, 2.05) is 6.92 Å². The molecular formula is C16H28. The van der Waals surface area contributed by atoms with E-state index in [2.05, 4.69) is 46.4 Å². The van der Waals surface area contributed by atoms with Gasteiger partial charge in [0, 0.05) is 0 Å². The van der Waals surface area contributed by atoms with Crippen LogP contribution >= 0.6 is 0 Å². The van der Waals surface area contributed by atoms with Crippen LogP contribution < -0.4 is 0 Å². The van der Waals surface area contributed by atoms with Crippen molar-refractivity contribution in [2.75, 3.05) is 0 Å². The van der Waals surface area contributed by atoms with Crippen molar-refractivity contribution in [2.24, 2.45) is 5.92 Å². The van der Waals surface area contributed by atoms with Gasteiger partial charge in [0.1, 0.15) is 0 Å². The number of allylic oxidation sites excluding steroid dienone is 5. The van der Waals surface area contributed by atoms with Crippen LogP contribution in [-0.4, -0.2) is 0 Å². The molecule has 0 spiro atoms. The van der Waals surface area contributed by atoms with Crippen molar-refractivity contribution >= 4 is 0 Å². The minimum Gasteiger partial charge on any atom is -0.0961 e. The molecule has 0 amide bonds. The Hall–Kier alpha value is -0.780. The second kappa shape index (κ2) is 8.38. The SMILES string of the molecule is C=C(C)/C=C\C(=C(C)C)C(CCC)CCC. The average Bonchev–Trinajstić information content (AvgIpc) is 2.17. The molecule has 0 aliphatic rings. The highest BCUT2D eigenvalue weighted by Gasteiger charge is 2.11. The average molecular weight is 220 g/mol. The molecule has 0 unspecified atom stereocenters. The Balaban J connectivity index is 4.86. The normalized spacial score (nSPS) is 11.1. The minimum atomic E-state index is 0.732. The Kier molecular flexibility index (Phi) is 7.97. The van der Waals surface area contributed by atoms with Crippen molar-refractivity contribution in [2.45, 2.75) is 60.3 Å². The lowest BCUT2D eigenvalue weighted by molar-refractivity contribution is 0.509. The van der Waals surface area contributed by atoms with E-state index in [-0.39, 0.29) is 0 Å². The summed E-state index contributed by atoms with van der Waals surface area (Å²) in [6.07, 6.45) is 9.54. The Bertz CT molecular complexity index is 256. The van der Waals surface area contributed by atoms with Crippen LogP contribution in [0.25, 0.3) is 0 Å². The zero-order chi connectivity index (χ0) is 12.6. The third kappa shape index (κ3) is 5.95. The summed E-state index contributed by atoms with van der Waals surface area (Å²) < 4.78 is 0. The molecule has 0 nitrogen and oxygen atoms in total. The van der Waals surface area contributed by atoms with Crippen LogP contribution in [0.2, 0.25) is 0 Å². The fourth-order valence-electron chi connectivity index (χ4n) is 2.10. The standard InChI is InChI=1S/C16H28/c1-7-9-15(10-8-2)16(14(5)6)12-11-13(3)4/h11-12,15H,3,7-10H2,1-2,4-6H3/b12-11-. The highest BCUT2D eigenvalue weighted by atomic mass is 14.2.